The lowest BCUT2D eigenvalue weighted by Crippen LogP contribution is -2.59. The zero-order valence-electron chi connectivity index (χ0n) is 10.5. The van der Waals surface area contributed by atoms with Crippen LogP contribution in [0.1, 0.15) is 10.4 Å². The third-order valence-electron chi connectivity index (χ3n) is 3.09. The molecule has 0 aliphatic carbocycles. The summed E-state index contributed by atoms with van der Waals surface area (Å²) in [4.78, 5) is 11.9. The first-order valence-corrected chi connectivity index (χ1v) is 6.11. The largest absolute Gasteiger partial charge is 0.453 e. The summed E-state index contributed by atoms with van der Waals surface area (Å²) >= 11 is 0. The van der Waals surface area contributed by atoms with Crippen LogP contribution in [0.3, 0.4) is 0 Å². The Labute approximate surface area is 115 Å². The summed E-state index contributed by atoms with van der Waals surface area (Å²) in [5.74, 6) is -0.750. The van der Waals surface area contributed by atoms with E-state index in [2.05, 4.69) is 0 Å². The number of benzene rings is 1. The molecule has 1 fully saturated rings. The van der Waals surface area contributed by atoms with Gasteiger partial charge in [-0.15, -0.1) is 0 Å². The van der Waals surface area contributed by atoms with E-state index in [-0.39, 0.29) is 5.56 Å². The minimum atomic E-state index is -1.65. The number of aliphatic hydroxyl groups excluding tert-OH is 4. The van der Waals surface area contributed by atoms with Gasteiger partial charge in [0.15, 0.2) is 12.4 Å². The molecule has 0 amide bonds. The highest BCUT2D eigenvalue weighted by atomic mass is 16.7. The summed E-state index contributed by atoms with van der Waals surface area (Å²) in [6.45, 7) is -0.579. The molecule has 7 heteroatoms. The van der Waals surface area contributed by atoms with Gasteiger partial charge in [0.05, 0.1) is 12.2 Å². The van der Waals surface area contributed by atoms with Crippen molar-refractivity contribution in [2.24, 2.45) is 0 Å². The van der Waals surface area contributed by atoms with E-state index in [9.17, 15) is 20.1 Å². The van der Waals surface area contributed by atoms with E-state index in [1.165, 1.54) is 12.1 Å². The highest BCUT2D eigenvalue weighted by Gasteiger charge is 2.46. The summed E-state index contributed by atoms with van der Waals surface area (Å²) in [5, 5.41) is 38.1. The topological polar surface area (TPSA) is 116 Å². The number of rotatable bonds is 3. The highest BCUT2D eigenvalue weighted by molar-refractivity contribution is 5.89. The van der Waals surface area contributed by atoms with Crippen LogP contribution in [0.2, 0.25) is 0 Å². The summed E-state index contributed by atoms with van der Waals surface area (Å²) in [5.41, 5.74) is 0.244. The molecule has 1 heterocycles. The van der Waals surface area contributed by atoms with E-state index < -0.39 is 43.3 Å². The van der Waals surface area contributed by atoms with E-state index in [4.69, 9.17) is 14.6 Å². The smallest absolute Gasteiger partial charge is 0.338 e. The second-order valence-electron chi connectivity index (χ2n) is 4.46. The normalized spacial score (nSPS) is 33.7. The lowest BCUT2D eigenvalue weighted by atomic mass is 9.99. The van der Waals surface area contributed by atoms with Gasteiger partial charge in [0, 0.05) is 0 Å². The Kier molecular flexibility index (Phi) is 4.69. The Balaban J connectivity index is 2.11. The summed E-state index contributed by atoms with van der Waals surface area (Å²) < 4.78 is 9.81. The lowest BCUT2D eigenvalue weighted by molar-refractivity contribution is -0.285. The van der Waals surface area contributed by atoms with Gasteiger partial charge in [0.2, 0.25) is 0 Å². The van der Waals surface area contributed by atoms with Crippen LogP contribution in [0.4, 0.5) is 0 Å². The van der Waals surface area contributed by atoms with Crippen LogP contribution in [0.5, 0.6) is 0 Å². The molecule has 7 nitrogen and oxygen atoms in total. The van der Waals surface area contributed by atoms with Gasteiger partial charge in [-0.3, -0.25) is 0 Å². The molecular weight excluding hydrogens is 268 g/mol. The van der Waals surface area contributed by atoms with Gasteiger partial charge in [-0.2, -0.15) is 0 Å². The molecule has 5 atom stereocenters. The molecule has 1 aliphatic rings. The zero-order chi connectivity index (χ0) is 14.7. The average molecular weight is 284 g/mol. The van der Waals surface area contributed by atoms with Crippen molar-refractivity contribution >= 4 is 5.97 Å². The molecule has 20 heavy (non-hydrogen) atoms. The average Bonchev–Trinajstić information content (AvgIpc) is 2.48. The van der Waals surface area contributed by atoms with Crippen molar-refractivity contribution in [2.75, 3.05) is 6.61 Å². The maximum atomic E-state index is 11.9. The minimum Gasteiger partial charge on any atom is -0.453 e. The summed E-state index contributed by atoms with van der Waals surface area (Å²) in [7, 11) is 0. The molecule has 1 aromatic rings. The molecule has 1 aliphatic heterocycles. The molecule has 1 aromatic carbocycles. The number of ether oxygens (including phenoxy) is 2. The number of hydrogen-bond acceptors (Lipinski definition) is 7. The van der Waals surface area contributed by atoms with Gasteiger partial charge in [-0.05, 0) is 12.1 Å². The Morgan fingerprint density at radius 3 is 2.40 bits per heavy atom. The Hall–Kier alpha value is -1.51. The molecule has 110 valence electrons. The van der Waals surface area contributed by atoms with Gasteiger partial charge in [-0.25, -0.2) is 4.79 Å². The van der Waals surface area contributed by atoms with E-state index in [1.54, 1.807) is 18.2 Å². The quantitative estimate of drug-likeness (QED) is 0.507. The second kappa shape index (κ2) is 6.29. The molecule has 2 rings (SSSR count). The van der Waals surface area contributed by atoms with Crippen LogP contribution in [0, 0.1) is 0 Å². The third-order valence-corrected chi connectivity index (χ3v) is 3.09. The Morgan fingerprint density at radius 2 is 1.80 bits per heavy atom. The van der Waals surface area contributed by atoms with Gasteiger partial charge in [-0.1, -0.05) is 18.2 Å². The van der Waals surface area contributed by atoms with Crippen molar-refractivity contribution in [1.82, 2.24) is 0 Å². The predicted octanol–water partition coefficient (Wildman–Crippen LogP) is -1.36. The van der Waals surface area contributed by atoms with Crippen molar-refractivity contribution in [2.45, 2.75) is 30.7 Å². The summed E-state index contributed by atoms with van der Waals surface area (Å²) in [6, 6.07) is 8.03. The fraction of sp³-hybridized carbons (Fsp3) is 0.462. The van der Waals surface area contributed by atoms with Crippen LogP contribution < -0.4 is 0 Å². The number of hydrogen-bond donors (Lipinski definition) is 4. The molecule has 0 radical (unpaired) electrons. The van der Waals surface area contributed by atoms with Crippen LogP contribution >= 0.6 is 0 Å². The van der Waals surface area contributed by atoms with Gasteiger partial charge in [0.1, 0.15) is 18.3 Å². The first kappa shape index (κ1) is 14.9. The minimum absolute atomic E-state index is 0.244. The van der Waals surface area contributed by atoms with Crippen molar-refractivity contribution in [3.63, 3.8) is 0 Å². The van der Waals surface area contributed by atoms with E-state index in [1.807, 2.05) is 0 Å². The third kappa shape index (κ3) is 2.97. The molecule has 1 unspecified atom stereocenters. The highest BCUT2D eigenvalue weighted by Crippen LogP contribution is 2.23. The van der Waals surface area contributed by atoms with Crippen LogP contribution in [-0.2, 0) is 9.47 Å². The van der Waals surface area contributed by atoms with Crippen molar-refractivity contribution in [3.05, 3.63) is 35.9 Å². The van der Waals surface area contributed by atoms with E-state index >= 15 is 0 Å². The SMILES string of the molecule is O=C(O[C@H]1[C@H](O)[C@@H](CO)OC(O)[C@@H]1O)c1ccccc1. The molecule has 0 saturated carbocycles. The maximum Gasteiger partial charge on any atom is 0.338 e. The zero-order valence-corrected chi connectivity index (χ0v) is 10.5. The second-order valence-corrected chi connectivity index (χ2v) is 4.46. The first-order chi connectivity index (χ1) is 9.54. The predicted molar refractivity (Wildman–Crippen MR) is 65.6 cm³/mol. The van der Waals surface area contributed by atoms with Gasteiger partial charge >= 0.3 is 5.97 Å². The monoisotopic (exact) mass is 284 g/mol. The summed E-state index contributed by atoms with van der Waals surface area (Å²) in [6.07, 6.45) is -7.21. The van der Waals surface area contributed by atoms with Gasteiger partial charge in [0.25, 0.3) is 0 Å². The fourth-order valence-electron chi connectivity index (χ4n) is 1.97. The number of esters is 1. The standard InChI is InChI=1S/C13H16O7/c14-6-8-9(15)11(10(16)13(18)19-8)20-12(17)7-4-2-1-3-5-7/h1-5,8-11,13-16,18H,6H2/t8-,9-,10-,11+,13?/m1/s1. The van der Waals surface area contributed by atoms with Crippen molar-refractivity contribution < 1.29 is 34.7 Å². The fourth-order valence-corrected chi connectivity index (χ4v) is 1.97. The Bertz CT molecular complexity index is 449. The number of aliphatic hydroxyl groups is 4. The molecule has 4 N–H and O–H groups in total. The number of carbonyl (C=O) groups is 1. The molecule has 0 spiro atoms. The molecule has 1 saturated heterocycles. The van der Waals surface area contributed by atoms with Crippen molar-refractivity contribution in [1.29, 1.82) is 0 Å². The maximum absolute atomic E-state index is 11.9. The van der Waals surface area contributed by atoms with Crippen LogP contribution in [0.15, 0.2) is 30.3 Å². The van der Waals surface area contributed by atoms with Gasteiger partial charge < -0.3 is 29.9 Å². The molecular formula is C13H16O7. The van der Waals surface area contributed by atoms with Crippen LogP contribution in [-0.4, -0.2) is 63.7 Å². The van der Waals surface area contributed by atoms with Crippen LogP contribution in [0.25, 0.3) is 0 Å². The number of carbonyl (C=O) groups excluding carboxylic acids is 1. The Morgan fingerprint density at radius 1 is 1.15 bits per heavy atom. The molecule has 0 bridgehead atoms. The van der Waals surface area contributed by atoms with E-state index in [0.717, 1.165) is 0 Å². The van der Waals surface area contributed by atoms with Crippen molar-refractivity contribution in [3.8, 4) is 0 Å². The lowest BCUT2D eigenvalue weighted by Gasteiger charge is -2.39. The molecule has 0 aromatic heterocycles. The first-order valence-electron chi connectivity index (χ1n) is 6.11. The van der Waals surface area contributed by atoms with E-state index in [0.29, 0.717) is 0 Å².